The number of carbonyl (C=O) groups excluding carboxylic acids is 1. The molecule has 0 spiro atoms. The van der Waals surface area contributed by atoms with Crippen LogP contribution in [0.4, 0.5) is 5.69 Å². The lowest BCUT2D eigenvalue weighted by atomic mass is 10.1. The third-order valence-electron chi connectivity index (χ3n) is 2.73. The monoisotopic (exact) mass is 319 g/mol. The molecule has 3 nitrogen and oxygen atoms in total. The summed E-state index contributed by atoms with van der Waals surface area (Å²) in [6.45, 7) is 0. The average Bonchev–Trinajstić information content (AvgIpc) is 2.42. The van der Waals surface area contributed by atoms with Crippen LogP contribution in [-0.2, 0) is 16.5 Å². The highest BCUT2D eigenvalue weighted by atomic mass is 79.9. The van der Waals surface area contributed by atoms with Crippen molar-refractivity contribution in [2.45, 2.75) is 11.8 Å². The number of benzene rings is 2. The standard InChI is InChI=1S/C15H14BrNO2/c16-10-11-5-7-13(8-6-11)17-15(19)9-12-3-1-2-4-14(12)18/h1-8,18H,9-10H2,(H,17,19). The first kappa shape index (κ1) is 13.6. The summed E-state index contributed by atoms with van der Waals surface area (Å²) in [7, 11) is 0. The number of hydrogen-bond donors (Lipinski definition) is 2. The van der Waals surface area contributed by atoms with Crippen LogP contribution in [0.3, 0.4) is 0 Å². The lowest BCUT2D eigenvalue weighted by molar-refractivity contribution is -0.115. The molecule has 0 fully saturated rings. The van der Waals surface area contributed by atoms with Gasteiger partial charge in [0.25, 0.3) is 0 Å². The van der Waals surface area contributed by atoms with Gasteiger partial charge in [-0.1, -0.05) is 46.3 Å². The second-order valence-corrected chi connectivity index (χ2v) is 4.74. The Kier molecular flexibility index (Phi) is 4.58. The van der Waals surface area contributed by atoms with E-state index >= 15 is 0 Å². The Morgan fingerprint density at radius 2 is 1.79 bits per heavy atom. The quantitative estimate of drug-likeness (QED) is 0.848. The van der Waals surface area contributed by atoms with E-state index in [4.69, 9.17) is 0 Å². The summed E-state index contributed by atoms with van der Waals surface area (Å²) in [4.78, 5) is 11.9. The zero-order chi connectivity index (χ0) is 13.7. The molecule has 2 rings (SSSR count). The molecule has 0 aliphatic carbocycles. The van der Waals surface area contributed by atoms with Crippen molar-refractivity contribution in [1.29, 1.82) is 0 Å². The maximum absolute atomic E-state index is 11.9. The second kappa shape index (κ2) is 6.38. The zero-order valence-electron chi connectivity index (χ0n) is 10.3. The van der Waals surface area contributed by atoms with Gasteiger partial charge < -0.3 is 10.4 Å². The number of nitrogens with one attached hydrogen (secondary N) is 1. The molecule has 4 heteroatoms. The van der Waals surface area contributed by atoms with Crippen molar-refractivity contribution in [2.75, 3.05) is 5.32 Å². The Morgan fingerprint density at radius 3 is 2.42 bits per heavy atom. The van der Waals surface area contributed by atoms with Gasteiger partial charge in [-0.3, -0.25) is 4.79 Å². The predicted octanol–water partition coefficient (Wildman–Crippen LogP) is 3.47. The SMILES string of the molecule is O=C(Cc1ccccc1O)Nc1ccc(CBr)cc1. The van der Waals surface area contributed by atoms with Crippen LogP contribution >= 0.6 is 15.9 Å². The fourth-order valence-electron chi connectivity index (χ4n) is 1.72. The summed E-state index contributed by atoms with van der Waals surface area (Å²) in [6, 6.07) is 14.5. The van der Waals surface area contributed by atoms with E-state index in [1.165, 1.54) is 0 Å². The van der Waals surface area contributed by atoms with Crippen molar-refractivity contribution in [3.8, 4) is 5.75 Å². The van der Waals surface area contributed by atoms with E-state index in [0.717, 1.165) is 16.6 Å². The molecule has 0 heterocycles. The van der Waals surface area contributed by atoms with Crippen LogP contribution in [0.15, 0.2) is 48.5 Å². The van der Waals surface area contributed by atoms with Crippen LogP contribution in [0.25, 0.3) is 0 Å². The minimum atomic E-state index is -0.145. The second-order valence-electron chi connectivity index (χ2n) is 4.18. The number of aromatic hydroxyl groups is 1. The molecule has 0 aliphatic heterocycles. The lowest BCUT2D eigenvalue weighted by Crippen LogP contribution is -2.14. The molecular formula is C15H14BrNO2. The third kappa shape index (κ3) is 3.83. The molecule has 2 N–H and O–H groups in total. The van der Waals surface area contributed by atoms with Crippen molar-refractivity contribution >= 4 is 27.5 Å². The predicted molar refractivity (Wildman–Crippen MR) is 79.5 cm³/mol. The van der Waals surface area contributed by atoms with Gasteiger partial charge in [0.15, 0.2) is 0 Å². The van der Waals surface area contributed by atoms with E-state index in [0.29, 0.717) is 5.56 Å². The minimum Gasteiger partial charge on any atom is -0.508 e. The lowest BCUT2D eigenvalue weighted by Gasteiger charge is -2.07. The third-order valence-corrected chi connectivity index (χ3v) is 3.38. The molecule has 0 saturated carbocycles. The highest BCUT2D eigenvalue weighted by Crippen LogP contribution is 2.17. The van der Waals surface area contributed by atoms with Gasteiger partial charge in [-0.15, -0.1) is 0 Å². The molecule has 1 amide bonds. The number of alkyl halides is 1. The Balaban J connectivity index is 1.99. The summed E-state index contributed by atoms with van der Waals surface area (Å²) in [5, 5.41) is 13.2. The average molecular weight is 320 g/mol. The molecule has 19 heavy (non-hydrogen) atoms. The normalized spacial score (nSPS) is 10.2. The van der Waals surface area contributed by atoms with Crippen molar-refractivity contribution in [3.63, 3.8) is 0 Å². The molecule has 2 aromatic carbocycles. The maximum atomic E-state index is 11.9. The smallest absolute Gasteiger partial charge is 0.228 e. The van der Waals surface area contributed by atoms with Crippen molar-refractivity contribution in [3.05, 3.63) is 59.7 Å². The number of halogens is 1. The number of para-hydroxylation sites is 1. The first-order chi connectivity index (χ1) is 9.19. The Morgan fingerprint density at radius 1 is 1.11 bits per heavy atom. The van der Waals surface area contributed by atoms with E-state index in [1.54, 1.807) is 24.3 Å². The van der Waals surface area contributed by atoms with E-state index in [2.05, 4.69) is 21.2 Å². The number of amides is 1. The topological polar surface area (TPSA) is 49.3 Å². The Bertz CT molecular complexity index is 567. The molecule has 2 aromatic rings. The van der Waals surface area contributed by atoms with Crippen molar-refractivity contribution < 1.29 is 9.90 Å². The Labute approximate surface area is 120 Å². The van der Waals surface area contributed by atoms with Crippen LogP contribution < -0.4 is 5.32 Å². The molecule has 0 bridgehead atoms. The summed E-state index contributed by atoms with van der Waals surface area (Å²) in [5.41, 5.74) is 2.53. The minimum absolute atomic E-state index is 0.145. The molecule has 0 aliphatic rings. The van der Waals surface area contributed by atoms with Crippen LogP contribution in [0.2, 0.25) is 0 Å². The van der Waals surface area contributed by atoms with Gasteiger partial charge in [0.05, 0.1) is 6.42 Å². The number of phenols is 1. The number of phenolic OH excluding ortho intramolecular Hbond substituents is 1. The van der Waals surface area contributed by atoms with E-state index in [9.17, 15) is 9.90 Å². The summed E-state index contributed by atoms with van der Waals surface area (Å²) < 4.78 is 0. The highest BCUT2D eigenvalue weighted by molar-refractivity contribution is 9.08. The largest absolute Gasteiger partial charge is 0.508 e. The number of rotatable bonds is 4. The van der Waals surface area contributed by atoms with Gasteiger partial charge in [-0.05, 0) is 23.8 Å². The van der Waals surface area contributed by atoms with E-state index in [1.807, 2.05) is 24.3 Å². The fourth-order valence-corrected chi connectivity index (χ4v) is 2.09. The van der Waals surface area contributed by atoms with Crippen molar-refractivity contribution in [2.24, 2.45) is 0 Å². The zero-order valence-corrected chi connectivity index (χ0v) is 11.9. The Hall–Kier alpha value is -1.81. The van der Waals surface area contributed by atoms with Gasteiger partial charge in [0.2, 0.25) is 5.91 Å². The van der Waals surface area contributed by atoms with Crippen LogP contribution in [0.1, 0.15) is 11.1 Å². The summed E-state index contributed by atoms with van der Waals surface area (Å²) in [5.74, 6) is 0.000351. The summed E-state index contributed by atoms with van der Waals surface area (Å²) in [6.07, 6.45) is 0.160. The molecule has 0 saturated heterocycles. The van der Waals surface area contributed by atoms with E-state index < -0.39 is 0 Å². The fraction of sp³-hybridized carbons (Fsp3) is 0.133. The van der Waals surface area contributed by atoms with Crippen LogP contribution in [0.5, 0.6) is 5.75 Å². The van der Waals surface area contributed by atoms with Crippen LogP contribution in [0, 0.1) is 0 Å². The number of anilines is 1. The molecular weight excluding hydrogens is 306 g/mol. The van der Waals surface area contributed by atoms with Gasteiger partial charge >= 0.3 is 0 Å². The van der Waals surface area contributed by atoms with Gasteiger partial charge in [-0.25, -0.2) is 0 Å². The maximum Gasteiger partial charge on any atom is 0.228 e. The van der Waals surface area contributed by atoms with Gasteiger partial charge in [0.1, 0.15) is 5.75 Å². The van der Waals surface area contributed by atoms with E-state index in [-0.39, 0.29) is 18.1 Å². The van der Waals surface area contributed by atoms with Gasteiger partial charge in [0, 0.05) is 16.6 Å². The first-order valence-corrected chi connectivity index (χ1v) is 7.03. The summed E-state index contributed by atoms with van der Waals surface area (Å²) >= 11 is 3.37. The molecule has 0 atom stereocenters. The number of hydrogen-bond acceptors (Lipinski definition) is 2. The highest BCUT2D eigenvalue weighted by Gasteiger charge is 2.07. The first-order valence-electron chi connectivity index (χ1n) is 5.90. The number of carbonyl (C=O) groups is 1. The molecule has 0 radical (unpaired) electrons. The molecule has 0 unspecified atom stereocenters. The van der Waals surface area contributed by atoms with Gasteiger partial charge in [-0.2, -0.15) is 0 Å². The molecule has 0 aromatic heterocycles. The van der Waals surface area contributed by atoms with Crippen molar-refractivity contribution in [1.82, 2.24) is 0 Å². The van der Waals surface area contributed by atoms with Crippen LogP contribution in [-0.4, -0.2) is 11.0 Å². The molecule has 98 valence electrons.